The molecule has 0 aliphatic carbocycles. The van der Waals surface area contributed by atoms with E-state index in [2.05, 4.69) is 5.32 Å². The van der Waals surface area contributed by atoms with Crippen LogP contribution in [0.5, 0.6) is 11.5 Å². The largest absolute Gasteiger partial charge is 0.457 e. The molecule has 6 heteroatoms. The average Bonchev–Trinajstić information content (AvgIpc) is 2.54. The first-order valence-corrected chi connectivity index (χ1v) is 10.4. The van der Waals surface area contributed by atoms with E-state index in [1.165, 1.54) is 0 Å². The van der Waals surface area contributed by atoms with Gasteiger partial charge in [0.1, 0.15) is 17.3 Å². The number of amides is 1. The summed E-state index contributed by atoms with van der Waals surface area (Å²) in [7, 11) is -3.41. The lowest BCUT2D eigenvalue weighted by atomic mass is 10.1. The van der Waals surface area contributed by atoms with E-state index in [0.29, 0.717) is 11.5 Å². The smallest absolute Gasteiger partial charge is 0.235 e. The van der Waals surface area contributed by atoms with Crippen LogP contribution >= 0.6 is 0 Å². The number of sulfone groups is 1. The molecule has 0 aliphatic rings. The summed E-state index contributed by atoms with van der Waals surface area (Å²) in [4.78, 5) is 12.2. The van der Waals surface area contributed by atoms with E-state index >= 15 is 0 Å². The first-order chi connectivity index (χ1) is 12.3. The van der Waals surface area contributed by atoms with Crippen molar-refractivity contribution in [1.82, 2.24) is 5.32 Å². The standard InChI is InChI=1S/C20H25NO4S/c1-15(2)13-26(23,24)14-20(22)21-16(3)18-11-7-8-12-19(18)25-17-9-5-4-6-10-17/h4-12,15-16H,13-14H2,1-3H3,(H,21,22)/t16-/m1/s1. The summed E-state index contributed by atoms with van der Waals surface area (Å²) in [5.74, 6) is 0.298. The quantitative estimate of drug-likeness (QED) is 0.763. The van der Waals surface area contributed by atoms with Gasteiger partial charge in [-0.1, -0.05) is 50.2 Å². The van der Waals surface area contributed by atoms with Crippen molar-refractivity contribution in [2.24, 2.45) is 5.92 Å². The maximum absolute atomic E-state index is 12.2. The van der Waals surface area contributed by atoms with Gasteiger partial charge in [-0.2, -0.15) is 0 Å². The Morgan fingerprint density at radius 1 is 1.00 bits per heavy atom. The molecule has 2 aromatic rings. The van der Waals surface area contributed by atoms with Gasteiger partial charge in [0.15, 0.2) is 9.84 Å². The van der Waals surface area contributed by atoms with Gasteiger partial charge in [0.05, 0.1) is 11.8 Å². The molecule has 0 saturated carbocycles. The lowest BCUT2D eigenvalue weighted by Crippen LogP contribution is -2.34. The second-order valence-corrected chi connectivity index (χ2v) is 8.80. The summed E-state index contributed by atoms with van der Waals surface area (Å²) < 4.78 is 29.9. The third-order valence-corrected chi connectivity index (χ3v) is 5.55. The van der Waals surface area contributed by atoms with Gasteiger partial charge in [0.25, 0.3) is 0 Å². The highest BCUT2D eigenvalue weighted by atomic mass is 32.2. The van der Waals surface area contributed by atoms with Crippen molar-refractivity contribution in [2.75, 3.05) is 11.5 Å². The van der Waals surface area contributed by atoms with E-state index in [0.717, 1.165) is 5.56 Å². The van der Waals surface area contributed by atoms with Crippen LogP contribution in [0.4, 0.5) is 0 Å². The molecular weight excluding hydrogens is 350 g/mol. The molecule has 0 aromatic heterocycles. The van der Waals surface area contributed by atoms with Gasteiger partial charge in [-0.25, -0.2) is 8.42 Å². The molecule has 2 aromatic carbocycles. The van der Waals surface area contributed by atoms with Crippen molar-refractivity contribution in [1.29, 1.82) is 0 Å². The summed E-state index contributed by atoms with van der Waals surface area (Å²) in [5.41, 5.74) is 0.783. The van der Waals surface area contributed by atoms with Gasteiger partial charge >= 0.3 is 0 Å². The summed E-state index contributed by atoms with van der Waals surface area (Å²) in [6.07, 6.45) is 0. The molecule has 5 nitrogen and oxygen atoms in total. The Hall–Kier alpha value is -2.34. The molecule has 0 fully saturated rings. The predicted molar refractivity (Wildman–Crippen MR) is 103 cm³/mol. The van der Waals surface area contributed by atoms with Crippen LogP contribution in [0.25, 0.3) is 0 Å². The minimum atomic E-state index is -3.41. The number of nitrogens with one attached hydrogen (secondary N) is 1. The van der Waals surface area contributed by atoms with Gasteiger partial charge in [-0.3, -0.25) is 4.79 Å². The molecule has 0 aliphatic heterocycles. The number of ether oxygens (including phenoxy) is 1. The number of benzene rings is 2. The molecule has 1 atom stereocenters. The lowest BCUT2D eigenvalue weighted by molar-refractivity contribution is -0.119. The normalized spacial score (nSPS) is 12.6. The van der Waals surface area contributed by atoms with Crippen molar-refractivity contribution in [3.05, 3.63) is 60.2 Å². The molecular formula is C20H25NO4S. The Bertz CT molecular complexity index is 832. The van der Waals surface area contributed by atoms with Gasteiger partial charge in [-0.15, -0.1) is 0 Å². The van der Waals surface area contributed by atoms with Gasteiger partial charge < -0.3 is 10.1 Å². The molecule has 140 valence electrons. The highest BCUT2D eigenvalue weighted by molar-refractivity contribution is 7.92. The molecule has 1 amide bonds. The molecule has 2 rings (SSSR count). The minimum Gasteiger partial charge on any atom is -0.457 e. The van der Waals surface area contributed by atoms with Gasteiger partial charge in [0, 0.05) is 5.56 Å². The van der Waals surface area contributed by atoms with Gasteiger partial charge in [0.2, 0.25) is 5.91 Å². The highest BCUT2D eigenvalue weighted by Crippen LogP contribution is 2.29. The van der Waals surface area contributed by atoms with Gasteiger partial charge in [-0.05, 0) is 31.0 Å². The van der Waals surface area contributed by atoms with Crippen molar-refractivity contribution < 1.29 is 17.9 Å². The SMILES string of the molecule is CC(C)CS(=O)(=O)CC(=O)N[C@H](C)c1ccccc1Oc1ccccc1. The van der Waals surface area contributed by atoms with Crippen molar-refractivity contribution in [3.63, 3.8) is 0 Å². The van der Waals surface area contributed by atoms with Crippen LogP contribution < -0.4 is 10.1 Å². The van der Waals surface area contributed by atoms with E-state index in [1.54, 1.807) is 6.92 Å². The number of rotatable bonds is 8. The summed E-state index contributed by atoms with van der Waals surface area (Å²) in [6, 6.07) is 16.3. The Kier molecular flexibility index (Phi) is 6.80. The molecule has 26 heavy (non-hydrogen) atoms. The van der Waals surface area contributed by atoms with Crippen LogP contribution in [-0.4, -0.2) is 25.8 Å². The number of para-hydroxylation sites is 2. The molecule has 0 spiro atoms. The molecule has 0 radical (unpaired) electrons. The first kappa shape index (κ1) is 20.0. The second-order valence-electron chi connectivity index (χ2n) is 6.69. The zero-order chi connectivity index (χ0) is 19.2. The van der Waals surface area contributed by atoms with Crippen LogP contribution in [0, 0.1) is 5.92 Å². The maximum atomic E-state index is 12.2. The molecule has 0 unspecified atom stereocenters. The summed E-state index contributed by atoms with van der Waals surface area (Å²) in [6.45, 7) is 5.44. The number of carbonyl (C=O) groups excluding carboxylic acids is 1. The van der Waals surface area contributed by atoms with Crippen molar-refractivity contribution in [2.45, 2.75) is 26.8 Å². The Morgan fingerprint density at radius 2 is 1.62 bits per heavy atom. The number of hydrogen-bond donors (Lipinski definition) is 1. The van der Waals surface area contributed by atoms with Crippen LogP contribution in [0.3, 0.4) is 0 Å². The van der Waals surface area contributed by atoms with E-state index in [-0.39, 0.29) is 17.7 Å². The number of hydrogen-bond acceptors (Lipinski definition) is 4. The monoisotopic (exact) mass is 375 g/mol. The van der Waals surface area contributed by atoms with Crippen molar-refractivity contribution >= 4 is 15.7 Å². The lowest BCUT2D eigenvalue weighted by Gasteiger charge is -2.18. The summed E-state index contributed by atoms with van der Waals surface area (Å²) in [5, 5.41) is 2.75. The predicted octanol–water partition coefficient (Wildman–Crippen LogP) is 3.73. The minimum absolute atomic E-state index is 0.00249. The topological polar surface area (TPSA) is 72.5 Å². The highest BCUT2D eigenvalue weighted by Gasteiger charge is 2.21. The van der Waals surface area contributed by atoms with Crippen LogP contribution in [-0.2, 0) is 14.6 Å². The van der Waals surface area contributed by atoms with Crippen LogP contribution in [0.2, 0.25) is 0 Å². The van der Waals surface area contributed by atoms with E-state index in [9.17, 15) is 13.2 Å². The molecule has 1 N–H and O–H groups in total. The fourth-order valence-electron chi connectivity index (χ4n) is 2.67. The molecule has 0 saturated heterocycles. The van der Waals surface area contributed by atoms with E-state index in [1.807, 2.05) is 68.4 Å². The third-order valence-electron chi connectivity index (χ3n) is 3.67. The third kappa shape index (κ3) is 6.19. The zero-order valence-corrected chi connectivity index (χ0v) is 16.1. The summed E-state index contributed by atoms with van der Waals surface area (Å²) >= 11 is 0. The zero-order valence-electron chi connectivity index (χ0n) is 15.3. The van der Waals surface area contributed by atoms with Crippen LogP contribution in [0.15, 0.2) is 54.6 Å². The molecule has 0 heterocycles. The van der Waals surface area contributed by atoms with E-state index < -0.39 is 21.5 Å². The number of carbonyl (C=O) groups is 1. The molecule has 0 bridgehead atoms. The average molecular weight is 375 g/mol. The maximum Gasteiger partial charge on any atom is 0.235 e. The van der Waals surface area contributed by atoms with E-state index in [4.69, 9.17) is 4.74 Å². The second kappa shape index (κ2) is 8.85. The fraction of sp³-hybridized carbons (Fsp3) is 0.350. The Labute approximate surface area is 155 Å². The van der Waals surface area contributed by atoms with Crippen molar-refractivity contribution in [3.8, 4) is 11.5 Å². The Balaban J connectivity index is 2.08. The first-order valence-electron chi connectivity index (χ1n) is 8.58. The fourth-order valence-corrected chi connectivity index (χ4v) is 4.29. The van der Waals surface area contributed by atoms with Crippen LogP contribution in [0.1, 0.15) is 32.4 Å². The Morgan fingerprint density at radius 3 is 2.27 bits per heavy atom.